The second-order valence-electron chi connectivity index (χ2n) is 7.00. The molecule has 0 saturated heterocycles. The van der Waals surface area contributed by atoms with Crippen LogP contribution >= 0.6 is 11.6 Å². The zero-order valence-corrected chi connectivity index (χ0v) is 16.6. The van der Waals surface area contributed by atoms with Crippen LogP contribution in [0.5, 0.6) is 0 Å². The number of aromatic nitrogens is 2. The summed E-state index contributed by atoms with van der Waals surface area (Å²) >= 11 is 6.04. The molecule has 1 saturated carbocycles. The Hall–Kier alpha value is -2.99. The van der Waals surface area contributed by atoms with Crippen LogP contribution in [0, 0.1) is 5.82 Å². The number of amides is 1. The van der Waals surface area contributed by atoms with Crippen LogP contribution in [-0.4, -0.2) is 21.9 Å². The van der Waals surface area contributed by atoms with Gasteiger partial charge in [0.15, 0.2) is 0 Å². The van der Waals surface area contributed by atoms with Gasteiger partial charge in [0.05, 0.1) is 16.9 Å². The van der Waals surface area contributed by atoms with Crippen LogP contribution < -0.4 is 10.6 Å². The van der Waals surface area contributed by atoms with E-state index in [2.05, 4.69) is 20.6 Å². The molecule has 2 aromatic heterocycles. The molecule has 0 bridgehead atoms. The monoisotopic (exact) mass is 410 g/mol. The third-order valence-corrected chi connectivity index (χ3v) is 5.05. The molecule has 0 unspecified atom stereocenters. The van der Waals surface area contributed by atoms with Crippen molar-refractivity contribution in [2.45, 2.75) is 32.2 Å². The topological polar surface area (TPSA) is 66.9 Å². The Kier molecular flexibility index (Phi) is 5.45. The summed E-state index contributed by atoms with van der Waals surface area (Å²) in [5.74, 6) is -0.554. The number of nitrogens with zero attached hydrogens (tertiary/aromatic N) is 2. The number of halogens is 2. The molecule has 3 aromatic rings. The van der Waals surface area contributed by atoms with E-state index >= 15 is 0 Å². The maximum Gasteiger partial charge on any atom is 0.255 e. The largest absolute Gasteiger partial charge is 0.354 e. The van der Waals surface area contributed by atoms with Crippen LogP contribution in [-0.2, 0) is 6.42 Å². The van der Waals surface area contributed by atoms with Gasteiger partial charge < -0.3 is 10.6 Å². The molecule has 1 aromatic carbocycles. The second-order valence-corrected chi connectivity index (χ2v) is 7.43. The fourth-order valence-corrected chi connectivity index (χ4v) is 3.22. The summed E-state index contributed by atoms with van der Waals surface area (Å²) in [5.41, 5.74) is 3.59. The highest BCUT2D eigenvalue weighted by Crippen LogP contribution is 2.30. The van der Waals surface area contributed by atoms with E-state index in [4.69, 9.17) is 11.6 Å². The zero-order chi connectivity index (χ0) is 20.4. The molecule has 7 heteroatoms. The first-order valence-corrected chi connectivity index (χ1v) is 9.89. The molecule has 1 fully saturated rings. The van der Waals surface area contributed by atoms with Gasteiger partial charge in [-0.3, -0.25) is 14.8 Å². The van der Waals surface area contributed by atoms with Crippen LogP contribution in [0.25, 0.3) is 11.3 Å². The average molecular weight is 411 g/mol. The maximum absolute atomic E-state index is 14.3. The molecular formula is C22H20ClFN4O. The van der Waals surface area contributed by atoms with E-state index in [1.54, 1.807) is 36.8 Å². The quantitative estimate of drug-likeness (QED) is 0.590. The lowest BCUT2D eigenvalue weighted by Crippen LogP contribution is -2.26. The van der Waals surface area contributed by atoms with E-state index in [-0.39, 0.29) is 11.9 Å². The van der Waals surface area contributed by atoms with Crippen molar-refractivity contribution in [3.63, 3.8) is 0 Å². The van der Waals surface area contributed by atoms with Gasteiger partial charge >= 0.3 is 0 Å². The van der Waals surface area contributed by atoms with E-state index in [1.165, 1.54) is 12.1 Å². The number of carbonyl (C=O) groups excluding carboxylic acids is 1. The van der Waals surface area contributed by atoms with Crippen LogP contribution in [0.4, 0.5) is 15.8 Å². The lowest BCUT2D eigenvalue weighted by atomic mass is 10.1. The van der Waals surface area contributed by atoms with Crippen molar-refractivity contribution < 1.29 is 9.18 Å². The average Bonchev–Trinajstić information content (AvgIpc) is 3.54. The summed E-state index contributed by atoms with van der Waals surface area (Å²) < 4.78 is 14.3. The normalized spacial score (nSPS) is 13.2. The minimum Gasteiger partial charge on any atom is -0.354 e. The van der Waals surface area contributed by atoms with Gasteiger partial charge in [0.25, 0.3) is 5.91 Å². The molecule has 148 valence electrons. The number of nitrogens with one attached hydrogen (secondary N) is 2. The van der Waals surface area contributed by atoms with Gasteiger partial charge in [0, 0.05) is 40.9 Å². The first kappa shape index (κ1) is 19.3. The lowest BCUT2D eigenvalue weighted by Gasteiger charge is -2.15. The van der Waals surface area contributed by atoms with E-state index in [0.29, 0.717) is 27.5 Å². The predicted octanol–water partition coefficient (Wildman–Crippen LogP) is 5.13. The lowest BCUT2D eigenvalue weighted by molar-refractivity contribution is 0.0951. The third kappa shape index (κ3) is 4.38. The predicted molar refractivity (Wildman–Crippen MR) is 112 cm³/mol. The van der Waals surface area contributed by atoms with Crippen molar-refractivity contribution in [2.75, 3.05) is 5.32 Å². The van der Waals surface area contributed by atoms with Crippen LogP contribution in [0.1, 0.15) is 35.7 Å². The first-order chi connectivity index (χ1) is 14.0. The van der Waals surface area contributed by atoms with Gasteiger partial charge in [0.2, 0.25) is 0 Å². The highest BCUT2D eigenvalue weighted by molar-refractivity contribution is 6.30. The van der Waals surface area contributed by atoms with Gasteiger partial charge in [-0.2, -0.15) is 0 Å². The van der Waals surface area contributed by atoms with Crippen LogP contribution in [0.15, 0.2) is 48.9 Å². The van der Waals surface area contributed by atoms with Crippen molar-refractivity contribution in [3.8, 4) is 11.3 Å². The fourth-order valence-electron chi connectivity index (χ4n) is 3.04. The minimum atomic E-state index is -0.398. The number of hydrogen-bond donors (Lipinski definition) is 2. The smallest absolute Gasteiger partial charge is 0.255 e. The van der Waals surface area contributed by atoms with Crippen molar-refractivity contribution in [3.05, 3.63) is 70.9 Å². The van der Waals surface area contributed by atoms with E-state index in [0.717, 1.165) is 30.5 Å². The highest BCUT2D eigenvalue weighted by Gasteiger charge is 2.25. The first-order valence-electron chi connectivity index (χ1n) is 9.51. The molecule has 0 radical (unpaired) electrons. The molecule has 4 rings (SSSR count). The van der Waals surface area contributed by atoms with E-state index in [9.17, 15) is 9.18 Å². The Morgan fingerprint density at radius 2 is 2.03 bits per heavy atom. The molecule has 1 amide bonds. The zero-order valence-electron chi connectivity index (χ0n) is 15.9. The van der Waals surface area contributed by atoms with Crippen molar-refractivity contribution in [1.82, 2.24) is 15.3 Å². The minimum absolute atomic E-state index is 0.156. The van der Waals surface area contributed by atoms with Gasteiger partial charge in [-0.1, -0.05) is 18.5 Å². The number of benzene rings is 1. The molecule has 29 heavy (non-hydrogen) atoms. The molecule has 2 heterocycles. The Morgan fingerprint density at radius 3 is 2.79 bits per heavy atom. The Balaban J connectivity index is 1.70. The fraction of sp³-hybridized carbons (Fsp3) is 0.227. The molecular weight excluding hydrogens is 391 g/mol. The Morgan fingerprint density at radius 1 is 1.21 bits per heavy atom. The highest BCUT2D eigenvalue weighted by atomic mass is 35.5. The number of anilines is 2. The molecule has 2 N–H and O–H groups in total. The second kappa shape index (κ2) is 8.17. The molecule has 1 aliphatic rings. The van der Waals surface area contributed by atoms with E-state index in [1.807, 2.05) is 6.92 Å². The summed E-state index contributed by atoms with van der Waals surface area (Å²) in [5, 5.41) is 6.73. The summed E-state index contributed by atoms with van der Waals surface area (Å²) in [4.78, 5) is 21.0. The standard InChI is InChI=1S/C22H20ClFN4O/c1-2-13-11-26-21(16-9-14(23)3-6-18(16)24)10-20(13)28-19-7-8-25-12-17(19)22(29)27-15-4-5-15/h3,6-12,15H,2,4-5H2,1H3,(H,27,29)(H,25,26,28). The molecule has 0 spiro atoms. The number of aryl methyl sites for hydroxylation is 1. The third-order valence-electron chi connectivity index (χ3n) is 4.82. The van der Waals surface area contributed by atoms with E-state index < -0.39 is 5.82 Å². The van der Waals surface area contributed by atoms with Crippen molar-refractivity contribution >= 4 is 28.9 Å². The van der Waals surface area contributed by atoms with Crippen LogP contribution in [0.3, 0.4) is 0 Å². The number of pyridine rings is 2. The number of carbonyl (C=O) groups is 1. The van der Waals surface area contributed by atoms with Gasteiger partial charge in [-0.25, -0.2) is 4.39 Å². The SMILES string of the molecule is CCc1cnc(-c2cc(Cl)ccc2F)cc1Nc1ccncc1C(=O)NC1CC1. The van der Waals surface area contributed by atoms with Gasteiger partial charge in [-0.05, 0) is 55.2 Å². The summed E-state index contributed by atoms with van der Waals surface area (Å²) in [6.07, 6.45) is 7.62. The summed E-state index contributed by atoms with van der Waals surface area (Å²) in [6.45, 7) is 2.01. The van der Waals surface area contributed by atoms with Crippen molar-refractivity contribution in [1.29, 1.82) is 0 Å². The van der Waals surface area contributed by atoms with Gasteiger partial charge in [-0.15, -0.1) is 0 Å². The number of rotatable bonds is 6. The van der Waals surface area contributed by atoms with Crippen LogP contribution in [0.2, 0.25) is 5.02 Å². The van der Waals surface area contributed by atoms with Gasteiger partial charge in [0.1, 0.15) is 5.82 Å². The summed E-state index contributed by atoms with van der Waals surface area (Å²) in [7, 11) is 0. The Labute approximate surface area is 173 Å². The molecule has 5 nitrogen and oxygen atoms in total. The molecule has 1 aliphatic carbocycles. The summed E-state index contributed by atoms with van der Waals surface area (Å²) in [6, 6.07) is 8.15. The Bertz CT molecular complexity index is 1070. The maximum atomic E-state index is 14.3. The molecule has 0 aliphatic heterocycles. The number of hydrogen-bond acceptors (Lipinski definition) is 4. The molecule has 0 atom stereocenters. The van der Waals surface area contributed by atoms with Crippen molar-refractivity contribution in [2.24, 2.45) is 0 Å².